The fourth-order valence-corrected chi connectivity index (χ4v) is 10.8. The Morgan fingerprint density at radius 3 is 1.22 bits per heavy atom. The normalized spacial score (nSPS) is 13.9. The van der Waals surface area contributed by atoms with Crippen LogP contribution in [0.25, 0.3) is 0 Å². The molecular weight excluding hydrogens is 1000 g/mol. The van der Waals surface area contributed by atoms with Gasteiger partial charge in [0, 0.05) is 12.8 Å². The van der Waals surface area contributed by atoms with Crippen molar-refractivity contribution in [1.29, 1.82) is 0 Å². The molecule has 0 bridgehead atoms. The van der Waals surface area contributed by atoms with Crippen molar-refractivity contribution < 1.29 is 37.3 Å². The molecule has 0 rings (SSSR count). The number of hydrogen-bond acceptors (Lipinski definition) is 6. The van der Waals surface area contributed by atoms with E-state index in [2.05, 4.69) is 62.5 Å². The van der Waals surface area contributed by atoms with Gasteiger partial charge in [0.1, 0.15) is 19.3 Å². The number of quaternary nitrogens is 1. The third kappa shape index (κ3) is 60.4. The number of carbonyl (C=O) groups excluding carboxylic acids is 2. The summed E-state index contributed by atoms with van der Waals surface area (Å²) in [7, 11) is 1.49. The highest BCUT2D eigenvalue weighted by Gasteiger charge is 2.30. The number of nitrogens with zero attached hydrogens (tertiary/aromatic N) is 1. The molecule has 79 heavy (non-hydrogen) atoms. The highest BCUT2D eigenvalue weighted by Crippen LogP contribution is 2.43. The molecule has 3 unspecified atom stereocenters. The molecule has 0 fully saturated rings. The van der Waals surface area contributed by atoms with Crippen LogP contribution in [0.15, 0.2) is 48.6 Å². The number of rotatable bonds is 62. The lowest BCUT2D eigenvalue weighted by Gasteiger charge is -2.27. The van der Waals surface area contributed by atoms with Crippen molar-refractivity contribution in [3.63, 3.8) is 0 Å². The summed E-state index contributed by atoms with van der Waals surface area (Å²) in [4.78, 5) is 37.7. The SMILES string of the molecule is CC/C=C/C/C=C/C/C=C/CCCCCCC(=O)OC(/C=C\CCCCCCCCCCCC)C(COP(=O)(O)OCC[N+](C)(C)C)NC(=O)CCCCCCCCCCCCCCCCCCCCCCCCCCCCC. The van der Waals surface area contributed by atoms with Crippen molar-refractivity contribution >= 4 is 19.7 Å². The molecule has 9 nitrogen and oxygen atoms in total. The first kappa shape index (κ1) is 77.0. The van der Waals surface area contributed by atoms with Crippen LogP contribution in [-0.2, 0) is 27.9 Å². The summed E-state index contributed by atoms with van der Waals surface area (Å²) < 4.78 is 30.7. The molecule has 0 saturated carbocycles. The fourth-order valence-electron chi connectivity index (χ4n) is 10.1. The van der Waals surface area contributed by atoms with Crippen LogP contribution in [-0.4, -0.2) is 74.3 Å². The number of nitrogens with one attached hydrogen (secondary N) is 1. The van der Waals surface area contributed by atoms with Crippen molar-refractivity contribution in [2.24, 2.45) is 0 Å². The predicted molar refractivity (Wildman–Crippen MR) is 342 cm³/mol. The topological polar surface area (TPSA) is 111 Å². The van der Waals surface area contributed by atoms with Gasteiger partial charge >= 0.3 is 13.8 Å². The van der Waals surface area contributed by atoms with E-state index in [1.54, 1.807) is 0 Å². The number of likely N-dealkylation sites (N-methyl/N-ethyl adjacent to an activating group) is 1. The van der Waals surface area contributed by atoms with Crippen LogP contribution in [0.3, 0.4) is 0 Å². The molecule has 0 aliphatic carbocycles. The first-order chi connectivity index (χ1) is 38.4. The maximum Gasteiger partial charge on any atom is 0.472 e. The molecule has 464 valence electrons. The molecule has 0 heterocycles. The Morgan fingerprint density at radius 2 is 0.810 bits per heavy atom. The molecule has 3 atom stereocenters. The van der Waals surface area contributed by atoms with Crippen molar-refractivity contribution in [2.45, 2.75) is 341 Å². The number of phosphoric acid groups is 1. The fraction of sp³-hybridized carbons (Fsp3) is 0.855. The van der Waals surface area contributed by atoms with Gasteiger partial charge in [0.25, 0.3) is 0 Å². The molecule has 1 amide bonds. The second-order valence-corrected chi connectivity index (χ2v) is 25.8. The van der Waals surface area contributed by atoms with Gasteiger partial charge in [-0.25, -0.2) is 4.57 Å². The van der Waals surface area contributed by atoms with Crippen molar-refractivity contribution in [1.82, 2.24) is 5.32 Å². The van der Waals surface area contributed by atoms with Crippen molar-refractivity contribution in [3.05, 3.63) is 48.6 Å². The van der Waals surface area contributed by atoms with Gasteiger partial charge in [0.2, 0.25) is 5.91 Å². The molecule has 0 aromatic heterocycles. The van der Waals surface area contributed by atoms with E-state index in [4.69, 9.17) is 13.8 Å². The maximum atomic E-state index is 13.6. The highest BCUT2D eigenvalue weighted by molar-refractivity contribution is 7.47. The summed E-state index contributed by atoms with van der Waals surface area (Å²) in [6, 6.07) is -0.855. The average molecular weight is 1130 g/mol. The summed E-state index contributed by atoms with van der Waals surface area (Å²) in [5, 5.41) is 3.06. The number of unbranched alkanes of at least 4 members (excludes halogenated alkanes) is 40. The molecule has 0 aromatic rings. The predicted octanol–water partition coefficient (Wildman–Crippen LogP) is 21.2. The molecule has 0 aliphatic heterocycles. The van der Waals surface area contributed by atoms with Gasteiger partial charge in [-0.1, -0.05) is 301 Å². The number of carbonyl (C=O) groups is 2. The summed E-state index contributed by atoms with van der Waals surface area (Å²) in [5.41, 5.74) is 0. The molecule has 0 spiro atoms. The van der Waals surface area contributed by atoms with E-state index >= 15 is 0 Å². The van der Waals surface area contributed by atoms with Crippen LogP contribution in [0.4, 0.5) is 0 Å². The van der Waals surface area contributed by atoms with Crippen molar-refractivity contribution in [2.75, 3.05) is 40.9 Å². The van der Waals surface area contributed by atoms with E-state index in [0.717, 1.165) is 83.5 Å². The van der Waals surface area contributed by atoms with Gasteiger partial charge in [0.05, 0.1) is 33.8 Å². The first-order valence-corrected chi connectivity index (χ1v) is 35.5. The van der Waals surface area contributed by atoms with Gasteiger partial charge < -0.3 is 19.4 Å². The quantitative estimate of drug-likeness (QED) is 0.0205. The van der Waals surface area contributed by atoms with E-state index in [-0.39, 0.29) is 31.5 Å². The zero-order valence-electron chi connectivity index (χ0n) is 53.1. The molecule has 2 N–H and O–H groups in total. The molecular formula is C69H132N2O7P+. The number of amides is 1. The Hall–Kier alpha value is -2.03. The van der Waals surface area contributed by atoms with Gasteiger partial charge in [0.15, 0.2) is 0 Å². The Balaban J connectivity index is 4.98. The lowest BCUT2D eigenvalue weighted by molar-refractivity contribution is -0.870. The van der Waals surface area contributed by atoms with E-state index in [9.17, 15) is 19.0 Å². The van der Waals surface area contributed by atoms with Crippen LogP contribution in [0, 0.1) is 0 Å². The van der Waals surface area contributed by atoms with Crippen LogP contribution < -0.4 is 5.32 Å². The summed E-state index contributed by atoms with van der Waals surface area (Å²) >= 11 is 0. The zero-order chi connectivity index (χ0) is 57.9. The number of esters is 1. The maximum absolute atomic E-state index is 13.6. The molecule has 0 radical (unpaired) electrons. The molecule has 0 saturated heterocycles. The van der Waals surface area contributed by atoms with Crippen LogP contribution in [0.5, 0.6) is 0 Å². The Morgan fingerprint density at radius 1 is 0.456 bits per heavy atom. The van der Waals surface area contributed by atoms with Crippen LogP contribution >= 0.6 is 7.82 Å². The molecule has 10 heteroatoms. The number of ether oxygens (including phenoxy) is 1. The van der Waals surface area contributed by atoms with Crippen LogP contribution in [0.1, 0.15) is 329 Å². The standard InChI is InChI=1S/C69H131N2O7P/c1-7-10-13-16-19-22-25-28-30-31-32-33-34-35-36-37-38-39-40-41-42-43-46-49-52-55-58-61-68(72)70-66(65-77-79(74,75)76-64-63-71(4,5)6)67(60-57-54-51-48-45-27-24-21-18-15-12-9-3)78-69(73)62-59-56-53-50-47-44-29-26-23-20-17-14-11-8-2/h11,14,20,23,29,44,57,60,66-67H,7-10,12-13,15-19,21-22,24-28,30-43,45-56,58-59,61-65H2,1-6H3,(H-,70,72,74,75)/p+1/b14-11+,23-20+,44-29+,60-57-. The minimum absolute atomic E-state index is 0.0376. The number of hydrogen-bond donors (Lipinski definition) is 2. The van der Waals surface area contributed by atoms with E-state index in [0.29, 0.717) is 23.9 Å². The van der Waals surface area contributed by atoms with Gasteiger partial charge in [-0.3, -0.25) is 18.6 Å². The second kappa shape index (κ2) is 59.1. The smallest absolute Gasteiger partial charge is 0.456 e. The van der Waals surface area contributed by atoms with Crippen LogP contribution in [0.2, 0.25) is 0 Å². The lowest BCUT2D eigenvalue weighted by Crippen LogP contribution is -2.47. The summed E-state index contributed by atoms with van der Waals surface area (Å²) in [6.07, 6.45) is 74.2. The Labute approximate surface area is 490 Å². The minimum atomic E-state index is -4.45. The third-order valence-electron chi connectivity index (χ3n) is 15.3. The third-order valence-corrected chi connectivity index (χ3v) is 16.3. The van der Waals surface area contributed by atoms with E-state index in [1.165, 1.54) is 205 Å². The Bertz CT molecular complexity index is 1490. The zero-order valence-corrected chi connectivity index (χ0v) is 54.0. The molecule has 0 aliphatic rings. The second-order valence-electron chi connectivity index (χ2n) is 24.3. The monoisotopic (exact) mass is 1130 g/mol. The van der Waals surface area contributed by atoms with E-state index in [1.807, 2.05) is 33.3 Å². The average Bonchev–Trinajstić information content (AvgIpc) is 3.41. The highest BCUT2D eigenvalue weighted by atomic mass is 31.2. The van der Waals surface area contributed by atoms with Gasteiger partial charge in [-0.05, 0) is 63.9 Å². The number of allylic oxidation sites excluding steroid dienone is 7. The van der Waals surface area contributed by atoms with Gasteiger partial charge in [-0.15, -0.1) is 0 Å². The largest absolute Gasteiger partial charge is 0.472 e. The summed E-state index contributed by atoms with van der Waals surface area (Å²) in [6.45, 7) is 6.92. The Kier molecular flexibility index (Phi) is 57.6. The summed E-state index contributed by atoms with van der Waals surface area (Å²) in [5.74, 6) is -0.518. The van der Waals surface area contributed by atoms with E-state index < -0.39 is 20.0 Å². The van der Waals surface area contributed by atoms with Crippen molar-refractivity contribution in [3.8, 4) is 0 Å². The first-order valence-electron chi connectivity index (χ1n) is 34.0. The lowest BCUT2D eigenvalue weighted by atomic mass is 10.0. The molecule has 0 aromatic carbocycles. The minimum Gasteiger partial charge on any atom is -0.456 e. The van der Waals surface area contributed by atoms with Gasteiger partial charge in [-0.2, -0.15) is 0 Å². The number of phosphoric ester groups is 1.